The van der Waals surface area contributed by atoms with E-state index in [0.29, 0.717) is 36.5 Å². The fourth-order valence-corrected chi connectivity index (χ4v) is 8.78. The van der Waals surface area contributed by atoms with Crippen LogP contribution < -0.4 is 14.4 Å². The normalized spacial score (nSPS) is 16.8. The van der Waals surface area contributed by atoms with Crippen molar-refractivity contribution in [1.29, 1.82) is 0 Å². The Labute approximate surface area is 283 Å². The summed E-state index contributed by atoms with van der Waals surface area (Å²) in [6, 6.07) is 24.4. The van der Waals surface area contributed by atoms with Gasteiger partial charge in [0, 0.05) is 39.4 Å². The first-order valence-corrected chi connectivity index (χ1v) is 17.8. The number of likely N-dealkylation sites (tertiary alicyclic amines) is 1. The van der Waals surface area contributed by atoms with Crippen LogP contribution in [0, 0.1) is 19.3 Å². The molecule has 1 unspecified atom stereocenters. The van der Waals surface area contributed by atoms with E-state index in [1.807, 2.05) is 59.5 Å². The maximum atomic E-state index is 14.1. The molecule has 1 spiro atoms. The first kappa shape index (κ1) is 33.4. The Morgan fingerprint density at radius 2 is 1.54 bits per heavy atom. The van der Waals surface area contributed by atoms with Gasteiger partial charge in [-0.25, -0.2) is 13.4 Å². The summed E-state index contributed by atoms with van der Waals surface area (Å²) in [6.07, 6.45) is 4.06. The van der Waals surface area contributed by atoms with Gasteiger partial charge in [0.2, 0.25) is 15.9 Å². The minimum Gasteiger partial charge on any atom is -0.497 e. The van der Waals surface area contributed by atoms with Gasteiger partial charge in [-0.2, -0.15) is 9.29 Å². The van der Waals surface area contributed by atoms with Gasteiger partial charge in [-0.1, -0.05) is 60.7 Å². The van der Waals surface area contributed by atoms with Gasteiger partial charge in [-0.3, -0.25) is 4.79 Å². The van der Waals surface area contributed by atoms with Gasteiger partial charge in [0.25, 0.3) is 0 Å². The van der Waals surface area contributed by atoms with Crippen molar-refractivity contribution < 1.29 is 22.7 Å². The Morgan fingerprint density at radius 1 is 0.917 bits per heavy atom. The van der Waals surface area contributed by atoms with Crippen molar-refractivity contribution in [3.8, 4) is 11.8 Å². The largest absolute Gasteiger partial charge is 0.497 e. The smallest absolute Gasteiger partial charge is 0.318 e. The van der Waals surface area contributed by atoms with E-state index < -0.39 is 16.1 Å². The fourth-order valence-electron chi connectivity index (χ4n) is 7.04. The summed E-state index contributed by atoms with van der Waals surface area (Å²) >= 11 is 0. The van der Waals surface area contributed by atoms with E-state index in [-0.39, 0.29) is 28.8 Å². The number of nitrogens with zero attached hydrogens (tertiary/aromatic N) is 5. The van der Waals surface area contributed by atoms with E-state index in [2.05, 4.69) is 22.0 Å². The lowest BCUT2D eigenvalue weighted by Crippen LogP contribution is -2.44. The van der Waals surface area contributed by atoms with E-state index >= 15 is 0 Å². The molecule has 10 nitrogen and oxygen atoms in total. The molecule has 0 bridgehead atoms. The predicted octanol–water partition coefficient (Wildman–Crippen LogP) is 5.56. The lowest BCUT2D eigenvalue weighted by atomic mass is 9.77. The van der Waals surface area contributed by atoms with Crippen LogP contribution in [0.2, 0.25) is 0 Å². The number of methoxy groups -OCH3 is 1. The number of carbonyl (C=O) groups is 1. The number of rotatable bonds is 11. The van der Waals surface area contributed by atoms with Crippen LogP contribution in [0.1, 0.15) is 47.6 Å². The van der Waals surface area contributed by atoms with Crippen LogP contribution in [-0.4, -0.2) is 73.9 Å². The number of amides is 1. The quantitative estimate of drug-likeness (QED) is 0.205. The molecule has 6 rings (SSSR count). The van der Waals surface area contributed by atoms with E-state index in [1.54, 1.807) is 46.3 Å². The number of ether oxygens (including phenoxy) is 2. The van der Waals surface area contributed by atoms with Crippen molar-refractivity contribution in [2.75, 3.05) is 45.3 Å². The molecule has 2 aliphatic heterocycles. The minimum atomic E-state index is -3.92. The zero-order chi connectivity index (χ0) is 33.9. The third-order valence-corrected chi connectivity index (χ3v) is 12.0. The Bertz CT molecular complexity index is 1820. The molecular formula is C37H43N5O5S. The molecule has 2 saturated heterocycles. The van der Waals surface area contributed by atoms with Crippen LogP contribution in [0.3, 0.4) is 0 Å². The molecule has 2 fully saturated rings. The number of aryl methyl sites for hydroxylation is 2. The Morgan fingerprint density at radius 3 is 2.19 bits per heavy atom. The molecule has 1 atom stereocenters. The van der Waals surface area contributed by atoms with Crippen molar-refractivity contribution >= 4 is 21.7 Å². The van der Waals surface area contributed by atoms with Crippen molar-refractivity contribution in [2.24, 2.45) is 5.41 Å². The Hall–Kier alpha value is -4.48. The summed E-state index contributed by atoms with van der Waals surface area (Å²) in [5.74, 6) is 1.59. The molecule has 1 aromatic heterocycles. The molecule has 0 aliphatic carbocycles. The third-order valence-electron chi connectivity index (χ3n) is 9.78. The van der Waals surface area contributed by atoms with E-state index in [4.69, 9.17) is 14.5 Å². The highest BCUT2D eigenvalue weighted by molar-refractivity contribution is 7.89. The van der Waals surface area contributed by atoms with E-state index in [1.165, 1.54) is 4.31 Å². The maximum Gasteiger partial charge on any atom is 0.318 e. The van der Waals surface area contributed by atoms with Gasteiger partial charge in [0.05, 0.1) is 23.5 Å². The van der Waals surface area contributed by atoms with Crippen LogP contribution in [0.25, 0.3) is 0 Å². The molecule has 2 aliphatic rings. The minimum absolute atomic E-state index is 0.00626. The zero-order valence-electron chi connectivity index (χ0n) is 28.0. The van der Waals surface area contributed by atoms with E-state index in [0.717, 1.165) is 42.8 Å². The highest BCUT2D eigenvalue weighted by atomic mass is 32.2. The van der Waals surface area contributed by atoms with Gasteiger partial charge in [-0.05, 0) is 73.6 Å². The van der Waals surface area contributed by atoms with Crippen molar-refractivity contribution in [3.05, 3.63) is 107 Å². The molecule has 0 radical (unpaired) electrons. The van der Waals surface area contributed by atoms with Gasteiger partial charge >= 0.3 is 6.01 Å². The molecule has 1 amide bonds. The molecule has 11 heteroatoms. The van der Waals surface area contributed by atoms with Crippen LogP contribution >= 0.6 is 0 Å². The molecule has 3 heterocycles. The molecule has 0 N–H and O–H groups in total. The first-order chi connectivity index (χ1) is 23.1. The maximum absolute atomic E-state index is 14.1. The van der Waals surface area contributed by atoms with Crippen LogP contribution in [0.5, 0.6) is 11.8 Å². The van der Waals surface area contributed by atoms with Crippen molar-refractivity contribution in [3.63, 3.8) is 0 Å². The number of sulfonamides is 1. The summed E-state index contributed by atoms with van der Waals surface area (Å²) in [6.45, 7) is 6.39. The number of hydrogen-bond donors (Lipinski definition) is 0. The van der Waals surface area contributed by atoms with Gasteiger partial charge < -0.3 is 19.3 Å². The van der Waals surface area contributed by atoms with Crippen molar-refractivity contribution in [1.82, 2.24) is 19.2 Å². The monoisotopic (exact) mass is 669 g/mol. The first-order valence-electron chi connectivity index (χ1n) is 16.3. The summed E-state index contributed by atoms with van der Waals surface area (Å²) < 4.78 is 41.0. The molecule has 4 aromatic rings. The molecular weight excluding hydrogens is 627 g/mol. The number of likely N-dealkylation sites (N-methyl/N-ethyl adjacent to an activating group) is 1. The standard InChI is InChI=1S/C37H43N5O5S/c1-27-23-31(46-4)24-28(2)34(27)48(44,45)40(3)32(30-13-9-6-10-14-30)26-47-36-38-19-15-33(39-36)41-20-16-37(17-21-41)18-22-42(35(37)43)25-29-11-7-5-8-12-29/h5-15,19,23-24,32H,16-18,20-22,25-26H2,1-4H3. The van der Waals surface area contributed by atoms with Gasteiger partial charge in [0.1, 0.15) is 18.2 Å². The number of hydrogen-bond acceptors (Lipinski definition) is 8. The van der Waals surface area contributed by atoms with Gasteiger partial charge in [0.15, 0.2) is 0 Å². The lowest BCUT2D eigenvalue weighted by molar-refractivity contribution is -0.137. The van der Waals surface area contributed by atoms with Crippen LogP contribution in [0.15, 0.2) is 90.0 Å². The summed E-state index contributed by atoms with van der Waals surface area (Å²) in [5, 5.41) is 0. The second-order valence-electron chi connectivity index (χ2n) is 12.8. The summed E-state index contributed by atoms with van der Waals surface area (Å²) in [7, 11) is -0.784. The van der Waals surface area contributed by atoms with E-state index in [9.17, 15) is 13.2 Å². The summed E-state index contributed by atoms with van der Waals surface area (Å²) in [5.41, 5.74) is 2.82. The lowest BCUT2D eigenvalue weighted by Gasteiger charge is -2.38. The second-order valence-corrected chi connectivity index (χ2v) is 14.7. The number of piperidine rings is 1. The number of benzene rings is 3. The average molecular weight is 670 g/mol. The topological polar surface area (TPSA) is 105 Å². The number of anilines is 1. The fraction of sp³-hybridized carbons (Fsp3) is 0.378. The Balaban J connectivity index is 1.14. The average Bonchev–Trinajstić information content (AvgIpc) is 3.38. The number of aromatic nitrogens is 2. The SMILES string of the molecule is COc1cc(C)c(S(=O)(=O)N(C)C(COc2nccc(N3CCC4(CCN(Cc5ccccc5)C4=O)CC3)n2)c2ccccc2)c(C)c1. The highest BCUT2D eigenvalue weighted by Gasteiger charge is 2.48. The van der Waals surface area contributed by atoms with Crippen LogP contribution in [-0.2, 0) is 21.4 Å². The van der Waals surface area contributed by atoms with Crippen molar-refractivity contribution in [2.45, 2.75) is 50.6 Å². The molecule has 252 valence electrons. The molecule has 48 heavy (non-hydrogen) atoms. The zero-order valence-corrected chi connectivity index (χ0v) is 28.8. The Kier molecular flexibility index (Phi) is 9.70. The molecule has 3 aromatic carbocycles. The van der Waals surface area contributed by atoms with Crippen LogP contribution in [0.4, 0.5) is 5.82 Å². The highest BCUT2D eigenvalue weighted by Crippen LogP contribution is 2.43. The molecule has 0 saturated carbocycles. The second kappa shape index (κ2) is 13.9. The number of carbonyl (C=O) groups excluding carboxylic acids is 1. The summed E-state index contributed by atoms with van der Waals surface area (Å²) in [4.78, 5) is 27.0. The third kappa shape index (κ3) is 6.75. The predicted molar refractivity (Wildman–Crippen MR) is 184 cm³/mol. The van der Waals surface area contributed by atoms with Gasteiger partial charge in [-0.15, -0.1) is 0 Å².